The Morgan fingerprint density at radius 2 is 1.67 bits per heavy atom. The fourth-order valence-electron chi connectivity index (χ4n) is 4.20. The topological polar surface area (TPSA) is 12.0 Å². The molecule has 1 N–H and O–H groups in total. The van der Waals surface area contributed by atoms with E-state index in [4.69, 9.17) is 0 Å². The van der Waals surface area contributed by atoms with Crippen LogP contribution in [-0.4, -0.2) is 12.6 Å². The summed E-state index contributed by atoms with van der Waals surface area (Å²) in [5, 5.41) is 3.92. The number of nitrogens with one attached hydrogen (secondary N) is 1. The van der Waals surface area contributed by atoms with Crippen molar-refractivity contribution in [3.05, 3.63) is 0 Å². The summed E-state index contributed by atoms with van der Waals surface area (Å²) in [4.78, 5) is 0. The van der Waals surface area contributed by atoms with E-state index in [0.29, 0.717) is 5.41 Å². The molecule has 0 amide bonds. The quantitative estimate of drug-likeness (QED) is 0.707. The van der Waals surface area contributed by atoms with Crippen LogP contribution in [0.2, 0.25) is 0 Å². The lowest BCUT2D eigenvalue weighted by atomic mass is 9.81. The fourth-order valence-corrected chi connectivity index (χ4v) is 4.20. The first kappa shape index (κ1) is 14.4. The van der Waals surface area contributed by atoms with Crippen LogP contribution < -0.4 is 5.32 Å². The van der Waals surface area contributed by atoms with Gasteiger partial charge in [0.25, 0.3) is 0 Å². The summed E-state index contributed by atoms with van der Waals surface area (Å²) in [6.07, 6.45) is 15.9. The van der Waals surface area contributed by atoms with Gasteiger partial charge in [0, 0.05) is 12.6 Å². The molecular weight excluding hydrogens is 218 g/mol. The van der Waals surface area contributed by atoms with Crippen molar-refractivity contribution in [2.24, 2.45) is 11.3 Å². The van der Waals surface area contributed by atoms with E-state index in [0.717, 1.165) is 12.0 Å². The van der Waals surface area contributed by atoms with Crippen molar-refractivity contribution in [2.75, 3.05) is 6.54 Å². The Morgan fingerprint density at radius 1 is 1.00 bits per heavy atom. The highest BCUT2D eigenvalue weighted by atomic mass is 14.9. The molecule has 0 radical (unpaired) electrons. The molecule has 2 fully saturated rings. The third-order valence-electron chi connectivity index (χ3n) is 5.72. The zero-order chi connectivity index (χ0) is 12.8. The Balaban J connectivity index is 1.68. The minimum atomic E-state index is 0.667. The van der Waals surface area contributed by atoms with E-state index in [1.165, 1.54) is 77.2 Å². The van der Waals surface area contributed by atoms with Crippen LogP contribution in [-0.2, 0) is 0 Å². The number of hydrogen-bond donors (Lipinski definition) is 1. The van der Waals surface area contributed by atoms with Gasteiger partial charge in [-0.15, -0.1) is 0 Å². The van der Waals surface area contributed by atoms with Crippen LogP contribution in [0.15, 0.2) is 0 Å². The second kappa shape index (κ2) is 6.93. The fraction of sp³-hybridized carbons (Fsp3) is 1.00. The van der Waals surface area contributed by atoms with E-state index in [1.807, 2.05) is 0 Å². The van der Waals surface area contributed by atoms with Gasteiger partial charge >= 0.3 is 0 Å². The number of hydrogen-bond acceptors (Lipinski definition) is 1. The van der Waals surface area contributed by atoms with Crippen LogP contribution in [0.1, 0.15) is 84.5 Å². The van der Waals surface area contributed by atoms with Crippen LogP contribution in [0.3, 0.4) is 0 Å². The van der Waals surface area contributed by atoms with Gasteiger partial charge in [0.15, 0.2) is 0 Å². The summed E-state index contributed by atoms with van der Waals surface area (Å²) in [6, 6.07) is 0.835. The molecule has 0 aromatic heterocycles. The normalized spacial score (nSPS) is 31.7. The van der Waals surface area contributed by atoms with E-state index in [9.17, 15) is 0 Å². The van der Waals surface area contributed by atoms with Crippen molar-refractivity contribution in [1.29, 1.82) is 0 Å². The Labute approximate surface area is 114 Å². The molecular formula is C17H33N. The van der Waals surface area contributed by atoms with Crippen molar-refractivity contribution in [1.82, 2.24) is 5.32 Å². The molecule has 0 aliphatic heterocycles. The van der Waals surface area contributed by atoms with E-state index < -0.39 is 0 Å². The lowest BCUT2D eigenvalue weighted by molar-refractivity contribution is 0.220. The third-order valence-corrected chi connectivity index (χ3v) is 5.72. The van der Waals surface area contributed by atoms with Gasteiger partial charge < -0.3 is 5.32 Å². The molecule has 2 aliphatic rings. The summed E-state index contributed by atoms with van der Waals surface area (Å²) < 4.78 is 0. The van der Waals surface area contributed by atoms with Gasteiger partial charge in [-0.05, 0) is 56.3 Å². The molecule has 1 nitrogen and oxygen atoms in total. The van der Waals surface area contributed by atoms with E-state index in [2.05, 4.69) is 19.2 Å². The van der Waals surface area contributed by atoms with Gasteiger partial charge in [-0.25, -0.2) is 0 Å². The summed E-state index contributed by atoms with van der Waals surface area (Å²) in [7, 11) is 0. The van der Waals surface area contributed by atoms with Gasteiger partial charge in [0.2, 0.25) is 0 Å². The van der Waals surface area contributed by atoms with Crippen molar-refractivity contribution >= 4 is 0 Å². The summed E-state index contributed by atoms with van der Waals surface area (Å²) in [5.74, 6) is 1.04. The average molecular weight is 251 g/mol. The van der Waals surface area contributed by atoms with Crippen molar-refractivity contribution in [2.45, 2.75) is 90.5 Å². The van der Waals surface area contributed by atoms with Crippen LogP contribution in [0, 0.1) is 11.3 Å². The molecule has 0 spiro atoms. The smallest absolute Gasteiger partial charge is 0.00674 e. The predicted octanol–water partition coefficient (Wildman–Crippen LogP) is 4.91. The minimum absolute atomic E-state index is 0.667. The molecule has 0 saturated heterocycles. The summed E-state index contributed by atoms with van der Waals surface area (Å²) >= 11 is 0. The summed E-state index contributed by atoms with van der Waals surface area (Å²) in [5.41, 5.74) is 0.667. The number of rotatable bonds is 6. The van der Waals surface area contributed by atoms with E-state index in [1.54, 1.807) is 0 Å². The lowest BCUT2D eigenvalue weighted by Gasteiger charge is -2.34. The summed E-state index contributed by atoms with van der Waals surface area (Å²) in [6.45, 7) is 6.02. The van der Waals surface area contributed by atoms with Crippen LogP contribution in [0.4, 0.5) is 0 Å². The molecule has 0 unspecified atom stereocenters. The van der Waals surface area contributed by atoms with Crippen molar-refractivity contribution in [3.63, 3.8) is 0 Å². The Kier molecular flexibility index (Phi) is 5.54. The highest BCUT2D eigenvalue weighted by molar-refractivity contribution is 4.87. The highest BCUT2D eigenvalue weighted by Gasteiger charge is 2.32. The van der Waals surface area contributed by atoms with E-state index in [-0.39, 0.29) is 0 Å². The van der Waals surface area contributed by atoms with Gasteiger partial charge in [-0.2, -0.15) is 0 Å². The largest absolute Gasteiger partial charge is 0.313 e. The SMILES string of the molecule is CCCC1CCC(NCC2(CC)CCCC2)CC1. The van der Waals surface area contributed by atoms with Crippen LogP contribution >= 0.6 is 0 Å². The van der Waals surface area contributed by atoms with Gasteiger partial charge in [0.05, 0.1) is 0 Å². The van der Waals surface area contributed by atoms with E-state index >= 15 is 0 Å². The second-order valence-corrected chi connectivity index (χ2v) is 6.95. The maximum atomic E-state index is 3.92. The van der Waals surface area contributed by atoms with Crippen molar-refractivity contribution in [3.8, 4) is 0 Å². The predicted molar refractivity (Wildman–Crippen MR) is 79.8 cm³/mol. The monoisotopic (exact) mass is 251 g/mol. The molecule has 0 heterocycles. The average Bonchev–Trinajstić information content (AvgIpc) is 2.88. The first-order valence-electron chi connectivity index (χ1n) is 8.51. The standard InChI is InChI=1S/C17H33N/c1-3-7-15-8-10-16(11-9-15)18-14-17(4-2)12-5-6-13-17/h15-16,18H,3-14H2,1-2H3. The zero-order valence-electron chi connectivity index (χ0n) is 12.6. The third kappa shape index (κ3) is 3.73. The molecule has 18 heavy (non-hydrogen) atoms. The van der Waals surface area contributed by atoms with Crippen LogP contribution in [0.5, 0.6) is 0 Å². The molecule has 0 atom stereocenters. The first-order chi connectivity index (χ1) is 8.78. The maximum absolute atomic E-state index is 3.92. The molecule has 2 saturated carbocycles. The second-order valence-electron chi connectivity index (χ2n) is 6.95. The molecule has 1 heteroatoms. The zero-order valence-corrected chi connectivity index (χ0v) is 12.6. The van der Waals surface area contributed by atoms with Gasteiger partial charge in [0.1, 0.15) is 0 Å². The molecule has 2 rings (SSSR count). The van der Waals surface area contributed by atoms with Crippen LogP contribution in [0.25, 0.3) is 0 Å². The molecule has 0 bridgehead atoms. The Hall–Kier alpha value is -0.0400. The molecule has 0 aromatic carbocycles. The van der Waals surface area contributed by atoms with Gasteiger partial charge in [-0.1, -0.05) is 39.5 Å². The highest BCUT2D eigenvalue weighted by Crippen LogP contribution is 2.40. The lowest BCUT2D eigenvalue weighted by Crippen LogP contribution is -2.40. The van der Waals surface area contributed by atoms with Crippen molar-refractivity contribution < 1.29 is 0 Å². The first-order valence-corrected chi connectivity index (χ1v) is 8.51. The van der Waals surface area contributed by atoms with Gasteiger partial charge in [-0.3, -0.25) is 0 Å². The Morgan fingerprint density at radius 3 is 2.22 bits per heavy atom. The Bertz CT molecular complexity index is 222. The minimum Gasteiger partial charge on any atom is -0.313 e. The maximum Gasteiger partial charge on any atom is 0.00674 e. The molecule has 0 aromatic rings. The molecule has 2 aliphatic carbocycles. The molecule has 106 valence electrons.